The average molecular weight is 284 g/mol. The van der Waals surface area contributed by atoms with E-state index in [1.165, 1.54) is 0 Å². The van der Waals surface area contributed by atoms with E-state index in [1.807, 2.05) is 32.9 Å². The minimum absolute atomic E-state index is 0. The van der Waals surface area contributed by atoms with Crippen LogP contribution in [0.25, 0.3) is 0 Å². The predicted octanol–water partition coefficient (Wildman–Crippen LogP) is 2.46. The topological polar surface area (TPSA) is 54.4 Å². The van der Waals surface area contributed by atoms with Crippen LogP contribution in [0.5, 0.6) is 0 Å². The van der Waals surface area contributed by atoms with Gasteiger partial charge in [-0.15, -0.1) is 0 Å². The summed E-state index contributed by atoms with van der Waals surface area (Å²) in [4.78, 5) is 0.106. The van der Waals surface area contributed by atoms with Crippen LogP contribution in [0.3, 0.4) is 0 Å². The Labute approximate surface area is 136 Å². The molecule has 17 heavy (non-hydrogen) atoms. The Morgan fingerprint density at radius 1 is 1.06 bits per heavy atom. The summed E-state index contributed by atoms with van der Waals surface area (Å²) in [7, 11) is -4.11. The largest absolute Gasteiger partial charge is 2.00 e. The number of aryl methyl sites for hydroxylation is 3. The molecule has 1 rings (SSSR count). The Hall–Kier alpha value is 0.390. The molecule has 0 saturated heterocycles. The van der Waals surface area contributed by atoms with Crippen molar-refractivity contribution >= 4 is 47.9 Å². The molecule has 0 aliphatic heterocycles. The van der Waals surface area contributed by atoms with Crippen LogP contribution in [0.2, 0.25) is 0 Å². The standard InChI is InChI=1S/C12H18O3S.Ca.2H/c1-4-9-7-10(5-2)12(16(13,14)15)11(6-3)8-9;;;/h7-8H,4-6H2,1-3H3,(H,13,14,15);;;/q;+2;2*-1. The summed E-state index contributed by atoms with van der Waals surface area (Å²) in [6.07, 6.45) is 2.08. The van der Waals surface area contributed by atoms with Gasteiger partial charge in [0, 0.05) is 0 Å². The zero-order chi connectivity index (χ0) is 12.3. The predicted molar refractivity (Wildman–Crippen MR) is 72.4 cm³/mol. The van der Waals surface area contributed by atoms with E-state index in [0.717, 1.165) is 12.0 Å². The maximum Gasteiger partial charge on any atom is 2.00 e. The van der Waals surface area contributed by atoms with E-state index in [0.29, 0.717) is 24.0 Å². The molecule has 0 saturated carbocycles. The Balaban J connectivity index is -0.000000853. The fourth-order valence-electron chi connectivity index (χ4n) is 1.89. The second-order valence-electron chi connectivity index (χ2n) is 3.78. The van der Waals surface area contributed by atoms with E-state index < -0.39 is 10.1 Å². The van der Waals surface area contributed by atoms with Gasteiger partial charge in [-0.05, 0) is 36.0 Å². The molecular weight excluding hydrogens is 264 g/mol. The van der Waals surface area contributed by atoms with Crippen molar-refractivity contribution in [3.05, 3.63) is 28.8 Å². The molecule has 94 valence electrons. The van der Waals surface area contributed by atoms with E-state index in [9.17, 15) is 13.0 Å². The third-order valence-corrected chi connectivity index (χ3v) is 3.77. The molecular formula is C12H20CaO3S. The van der Waals surface area contributed by atoms with Gasteiger partial charge < -0.3 is 2.85 Å². The van der Waals surface area contributed by atoms with Crippen LogP contribution in [0.1, 0.15) is 40.3 Å². The average Bonchev–Trinajstić information content (AvgIpc) is 2.25. The fourth-order valence-corrected chi connectivity index (χ4v) is 2.96. The first-order valence-corrected chi connectivity index (χ1v) is 7.00. The molecule has 1 N–H and O–H groups in total. The number of benzene rings is 1. The van der Waals surface area contributed by atoms with Crippen molar-refractivity contribution in [2.24, 2.45) is 0 Å². The molecule has 0 radical (unpaired) electrons. The summed E-state index contributed by atoms with van der Waals surface area (Å²) >= 11 is 0. The summed E-state index contributed by atoms with van der Waals surface area (Å²) in [5.41, 5.74) is 2.53. The first-order valence-electron chi connectivity index (χ1n) is 5.56. The van der Waals surface area contributed by atoms with Gasteiger partial charge in [0.25, 0.3) is 10.1 Å². The van der Waals surface area contributed by atoms with Gasteiger partial charge in [0.05, 0.1) is 0 Å². The summed E-state index contributed by atoms with van der Waals surface area (Å²) in [5.74, 6) is 0. The SMILES string of the molecule is CCc1cc(CC)c(S(=O)(=O)O)c(CC)c1.[Ca+2].[H-].[H-]. The monoisotopic (exact) mass is 284 g/mol. The first kappa shape index (κ1) is 17.4. The van der Waals surface area contributed by atoms with Crippen molar-refractivity contribution in [1.82, 2.24) is 0 Å². The summed E-state index contributed by atoms with van der Waals surface area (Å²) in [5, 5.41) is 0. The smallest absolute Gasteiger partial charge is 1.00 e. The van der Waals surface area contributed by atoms with Gasteiger partial charge in [0.2, 0.25) is 0 Å². The van der Waals surface area contributed by atoms with Crippen LogP contribution in [-0.2, 0) is 29.4 Å². The molecule has 0 bridgehead atoms. The Morgan fingerprint density at radius 3 is 1.71 bits per heavy atom. The Bertz CT molecular complexity index is 465. The van der Waals surface area contributed by atoms with Crippen LogP contribution in [0.4, 0.5) is 0 Å². The van der Waals surface area contributed by atoms with Crippen LogP contribution >= 0.6 is 0 Å². The van der Waals surface area contributed by atoms with Crippen molar-refractivity contribution in [2.75, 3.05) is 0 Å². The second-order valence-corrected chi connectivity index (χ2v) is 5.14. The zero-order valence-electron chi connectivity index (χ0n) is 12.7. The molecule has 0 atom stereocenters. The Kier molecular flexibility index (Phi) is 7.26. The van der Waals surface area contributed by atoms with Gasteiger partial charge in [-0.2, -0.15) is 8.42 Å². The zero-order valence-corrected chi connectivity index (χ0v) is 13.7. The minimum Gasteiger partial charge on any atom is -1.00 e. The van der Waals surface area contributed by atoms with Gasteiger partial charge in [0.15, 0.2) is 0 Å². The van der Waals surface area contributed by atoms with Crippen molar-refractivity contribution < 1.29 is 15.8 Å². The van der Waals surface area contributed by atoms with Gasteiger partial charge in [0.1, 0.15) is 4.90 Å². The van der Waals surface area contributed by atoms with Gasteiger partial charge in [-0.25, -0.2) is 0 Å². The van der Waals surface area contributed by atoms with Crippen molar-refractivity contribution in [3.8, 4) is 0 Å². The molecule has 0 aromatic heterocycles. The van der Waals surface area contributed by atoms with Crippen molar-refractivity contribution in [2.45, 2.75) is 44.9 Å². The molecule has 0 fully saturated rings. The van der Waals surface area contributed by atoms with Crippen LogP contribution in [0.15, 0.2) is 17.0 Å². The number of hydrogen-bond acceptors (Lipinski definition) is 2. The normalized spacial score (nSPS) is 11.1. The molecule has 0 spiro atoms. The summed E-state index contributed by atoms with van der Waals surface area (Å²) in [6.45, 7) is 5.81. The van der Waals surface area contributed by atoms with E-state index in [1.54, 1.807) is 0 Å². The third-order valence-electron chi connectivity index (χ3n) is 2.73. The quantitative estimate of drug-likeness (QED) is 0.682. The molecule has 1 aromatic rings. The second kappa shape index (κ2) is 7.10. The van der Waals surface area contributed by atoms with Crippen molar-refractivity contribution in [1.29, 1.82) is 0 Å². The van der Waals surface area contributed by atoms with Gasteiger partial charge in [-0.1, -0.05) is 32.9 Å². The molecule has 0 amide bonds. The van der Waals surface area contributed by atoms with Gasteiger partial charge in [-0.3, -0.25) is 4.55 Å². The van der Waals surface area contributed by atoms with Gasteiger partial charge >= 0.3 is 37.7 Å². The number of hydrogen-bond donors (Lipinski definition) is 1. The number of rotatable bonds is 4. The van der Waals surface area contributed by atoms with Crippen LogP contribution in [-0.4, -0.2) is 50.7 Å². The van der Waals surface area contributed by atoms with Crippen molar-refractivity contribution in [3.63, 3.8) is 0 Å². The molecule has 0 aliphatic rings. The maximum atomic E-state index is 11.3. The summed E-state index contributed by atoms with van der Waals surface area (Å²) in [6, 6.07) is 3.73. The van der Waals surface area contributed by atoms with E-state index in [4.69, 9.17) is 0 Å². The maximum absolute atomic E-state index is 11.3. The third kappa shape index (κ3) is 4.21. The molecule has 0 unspecified atom stereocenters. The first-order chi connectivity index (χ1) is 7.43. The van der Waals surface area contributed by atoms with E-state index in [2.05, 4.69) is 0 Å². The summed E-state index contributed by atoms with van der Waals surface area (Å²) < 4.78 is 31.9. The molecule has 1 aromatic carbocycles. The van der Waals surface area contributed by atoms with Crippen LogP contribution in [0, 0.1) is 0 Å². The molecule has 0 heterocycles. The van der Waals surface area contributed by atoms with E-state index in [-0.39, 0.29) is 45.5 Å². The Morgan fingerprint density at radius 2 is 1.47 bits per heavy atom. The molecule has 5 heteroatoms. The molecule has 0 aliphatic carbocycles. The van der Waals surface area contributed by atoms with E-state index >= 15 is 0 Å². The molecule has 3 nitrogen and oxygen atoms in total. The minimum atomic E-state index is -4.11. The fraction of sp³-hybridized carbons (Fsp3) is 0.500. The van der Waals surface area contributed by atoms with Crippen LogP contribution < -0.4 is 0 Å².